The summed E-state index contributed by atoms with van der Waals surface area (Å²) in [7, 11) is 0. The Kier molecular flexibility index (Phi) is 12.4. The van der Waals surface area contributed by atoms with E-state index in [9.17, 15) is 0 Å². The molecule has 0 aliphatic rings. The van der Waals surface area contributed by atoms with Crippen molar-refractivity contribution in [3.8, 4) is 62.1 Å². The van der Waals surface area contributed by atoms with Crippen molar-refractivity contribution < 1.29 is 9.30 Å². The van der Waals surface area contributed by atoms with Gasteiger partial charge >= 0.3 is 0 Å². The highest BCUT2D eigenvalue weighted by molar-refractivity contribution is 6.10. The monoisotopic (exact) mass is 1000 g/mol. The number of rotatable bonds is 11. The summed E-state index contributed by atoms with van der Waals surface area (Å²) in [6, 6.07) is 80.4. The molecule has 0 saturated heterocycles. The molecule has 5 heteroatoms. The molecule has 12 rings (SSSR count). The van der Waals surface area contributed by atoms with E-state index in [-0.39, 0.29) is 16.2 Å². The molecule has 12 aromatic rings. The zero-order chi connectivity index (χ0) is 53.1. The van der Waals surface area contributed by atoms with Gasteiger partial charge in [-0.1, -0.05) is 225 Å². The molecule has 0 atom stereocenters. The number of fused-ring (bicyclic) bond motifs is 4. The molecular weight excluding hydrogens is 937 g/mol. The van der Waals surface area contributed by atoms with Crippen molar-refractivity contribution in [1.29, 1.82) is 0 Å². The molecule has 0 radical (unpaired) electrons. The average Bonchev–Trinajstić information content (AvgIpc) is 4.16. The highest BCUT2D eigenvalue weighted by atomic mass is 16.5. The third kappa shape index (κ3) is 9.41. The van der Waals surface area contributed by atoms with Crippen LogP contribution in [0.1, 0.15) is 77.6 Å². The summed E-state index contributed by atoms with van der Waals surface area (Å²) >= 11 is 0. The van der Waals surface area contributed by atoms with Gasteiger partial charge in [-0.15, -0.1) is 0 Å². The molecule has 0 aliphatic heterocycles. The number of nitrogens with zero attached hydrogens (tertiary/aromatic N) is 4. The first-order chi connectivity index (χ1) is 37.2. The van der Waals surface area contributed by atoms with Gasteiger partial charge in [0.25, 0.3) is 6.33 Å². The Labute approximate surface area is 453 Å². The van der Waals surface area contributed by atoms with Gasteiger partial charge < -0.3 is 4.74 Å². The molecule has 0 bridgehead atoms. The van der Waals surface area contributed by atoms with Crippen LogP contribution >= 0.6 is 0 Å². The van der Waals surface area contributed by atoms with Crippen LogP contribution in [0.2, 0.25) is 0 Å². The molecular formula is C72H64N4O. The van der Waals surface area contributed by atoms with Crippen molar-refractivity contribution >= 4 is 32.8 Å². The summed E-state index contributed by atoms with van der Waals surface area (Å²) in [4.78, 5) is 5.37. The fourth-order valence-corrected chi connectivity index (χ4v) is 11.1. The minimum absolute atomic E-state index is 0.0352. The van der Waals surface area contributed by atoms with E-state index >= 15 is 0 Å². The number of hydrogen-bond donors (Lipinski definition) is 0. The van der Waals surface area contributed by atoms with Gasteiger partial charge in [-0.3, -0.25) is 13.7 Å². The lowest BCUT2D eigenvalue weighted by molar-refractivity contribution is -0.571. The zero-order valence-corrected chi connectivity index (χ0v) is 45.3. The second-order valence-corrected chi connectivity index (χ2v) is 23.2. The third-order valence-corrected chi connectivity index (χ3v) is 15.4. The minimum atomic E-state index is -0.152. The van der Waals surface area contributed by atoms with E-state index in [0.717, 1.165) is 90.4 Å². The number of benzene rings is 9. The second-order valence-electron chi connectivity index (χ2n) is 23.2. The van der Waals surface area contributed by atoms with Crippen molar-refractivity contribution in [1.82, 2.24) is 14.1 Å². The van der Waals surface area contributed by atoms with Crippen LogP contribution in [0, 0.1) is 6.33 Å². The van der Waals surface area contributed by atoms with Gasteiger partial charge in [-0.2, -0.15) is 0 Å². The Morgan fingerprint density at radius 1 is 0.455 bits per heavy atom. The SMILES string of the molecule is CC(C)(C)c1ccc(-c2cnc(-n3c4ccc(C(C)(C)C)cc4c4ccc(Oc5cccc(-n6[c-][n+](-c7c(-c8ccccc8)cccc7-c7ccccc7)c7ccccc76)c5)cc43)cc2CC(C)(C)c2ccccc2)cc1. The summed E-state index contributed by atoms with van der Waals surface area (Å²) < 4.78 is 13.7. The van der Waals surface area contributed by atoms with Crippen LogP contribution in [0.4, 0.5) is 0 Å². The fraction of sp³-hybridized carbons (Fsp3) is 0.167. The maximum absolute atomic E-state index is 6.95. The number of hydrogen-bond acceptors (Lipinski definition) is 2. The van der Waals surface area contributed by atoms with Gasteiger partial charge in [0.1, 0.15) is 17.3 Å². The zero-order valence-electron chi connectivity index (χ0n) is 45.3. The van der Waals surface area contributed by atoms with Crippen molar-refractivity contribution in [2.24, 2.45) is 0 Å². The molecule has 0 saturated carbocycles. The Hall–Kier alpha value is -8.80. The van der Waals surface area contributed by atoms with Crippen LogP contribution in [0.3, 0.4) is 0 Å². The highest BCUT2D eigenvalue weighted by Crippen LogP contribution is 2.41. The molecule has 378 valence electrons. The van der Waals surface area contributed by atoms with Crippen molar-refractivity contribution in [2.45, 2.75) is 78.1 Å². The minimum Gasteiger partial charge on any atom is -0.458 e. The Balaban J connectivity index is 0.974. The fourth-order valence-electron chi connectivity index (χ4n) is 11.1. The Morgan fingerprint density at radius 3 is 1.73 bits per heavy atom. The lowest BCUT2D eigenvalue weighted by Gasteiger charge is -2.27. The molecule has 0 fully saturated rings. The van der Waals surface area contributed by atoms with Crippen molar-refractivity contribution in [2.75, 3.05) is 0 Å². The molecule has 0 aliphatic carbocycles. The van der Waals surface area contributed by atoms with E-state index in [2.05, 4.69) is 300 Å². The Bertz CT molecular complexity index is 4060. The van der Waals surface area contributed by atoms with E-state index in [1.807, 2.05) is 6.07 Å². The average molecular weight is 1000 g/mol. The van der Waals surface area contributed by atoms with Crippen molar-refractivity contribution in [3.63, 3.8) is 0 Å². The smallest absolute Gasteiger partial charge is 0.269 e. The van der Waals surface area contributed by atoms with Gasteiger partial charge in [0.2, 0.25) is 0 Å². The van der Waals surface area contributed by atoms with Gasteiger partial charge in [0.15, 0.2) is 0 Å². The lowest BCUT2D eigenvalue weighted by atomic mass is 9.78. The van der Waals surface area contributed by atoms with Gasteiger partial charge in [-0.05, 0) is 121 Å². The molecule has 3 aromatic heterocycles. The van der Waals surface area contributed by atoms with E-state index in [4.69, 9.17) is 9.72 Å². The molecule has 0 N–H and O–H groups in total. The van der Waals surface area contributed by atoms with Gasteiger partial charge in [0.05, 0.1) is 33.4 Å². The standard InChI is InChI=1S/C72H64N4O/c1-70(2,3)53-36-34-51(35-37-53)63-47-73-68(42-52(63)46-72(7,8)54-26-16-11-17-27-54)76-64-41-38-55(71(4,5)6)43-62(64)61-40-39-58(45-67(61)76)77-57-29-20-28-56(44-57)74-48-75(66-33-19-18-32-65(66)74)69-59(49-22-12-9-13-23-49)30-21-31-60(69)50-24-14-10-15-25-50/h9-45,47H,46H2,1-8H3. The number of aromatic nitrogens is 4. The summed E-state index contributed by atoms with van der Waals surface area (Å²) in [6.45, 7) is 18.3. The second kappa shape index (κ2) is 19.4. The van der Waals surface area contributed by atoms with E-state index in [1.165, 1.54) is 33.2 Å². The summed E-state index contributed by atoms with van der Waals surface area (Å²) in [5, 5.41) is 2.33. The quantitative estimate of drug-likeness (QED) is 0.0956. The predicted octanol–water partition coefficient (Wildman–Crippen LogP) is 18.1. The van der Waals surface area contributed by atoms with Crippen LogP contribution in [0.5, 0.6) is 11.5 Å². The number of ether oxygens (including phenoxy) is 1. The number of imidazole rings is 1. The maximum atomic E-state index is 6.95. The first-order valence-electron chi connectivity index (χ1n) is 26.9. The lowest BCUT2D eigenvalue weighted by Crippen LogP contribution is -2.31. The Morgan fingerprint density at radius 2 is 1.05 bits per heavy atom. The molecule has 9 aromatic carbocycles. The van der Waals surface area contributed by atoms with Crippen LogP contribution in [0.25, 0.3) is 83.4 Å². The molecule has 5 nitrogen and oxygen atoms in total. The summed E-state index contributed by atoms with van der Waals surface area (Å²) in [5.41, 5.74) is 18.0. The van der Waals surface area contributed by atoms with Gasteiger partial charge in [-0.25, -0.2) is 4.98 Å². The largest absolute Gasteiger partial charge is 0.458 e. The summed E-state index contributed by atoms with van der Waals surface area (Å²) in [5.74, 6) is 2.32. The van der Waals surface area contributed by atoms with E-state index in [0.29, 0.717) is 0 Å². The van der Waals surface area contributed by atoms with Crippen LogP contribution < -0.4 is 9.30 Å². The van der Waals surface area contributed by atoms with E-state index < -0.39 is 0 Å². The van der Waals surface area contributed by atoms with Crippen molar-refractivity contribution in [3.05, 3.63) is 259 Å². The maximum Gasteiger partial charge on any atom is 0.269 e. The van der Waals surface area contributed by atoms with Crippen LogP contribution in [-0.2, 0) is 22.7 Å². The van der Waals surface area contributed by atoms with Gasteiger partial charge in [0, 0.05) is 28.6 Å². The number of para-hydroxylation sites is 3. The molecule has 3 heterocycles. The highest BCUT2D eigenvalue weighted by Gasteiger charge is 2.26. The third-order valence-electron chi connectivity index (χ3n) is 15.4. The topological polar surface area (TPSA) is 35.9 Å². The first kappa shape index (κ1) is 49.1. The molecule has 0 unspecified atom stereocenters. The van der Waals surface area contributed by atoms with Crippen LogP contribution in [0.15, 0.2) is 231 Å². The predicted molar refractivity (Wildman–Crippen MR) is 319 cm³/mol. The molecule has 77 heavy (non-hydrogen) atoms. The first-order valence-corrected chi connectivity index (χ1v) is 26.9. The normalized spacial score (nSPS) is 12.2. The molecule has 0 spiro atoms. The number of pyridine rings is 1. The van der Waals surface area contributed by atoms with Crippen LogP contribution in [-0.4, -0.2) is 14.1 Å². The summed E-state index contributed by atoms with van der Waals surface area (Å²) in [6.07, 6.45) is 6.75. The molecule has 0 amide bonds. The van der Waals surface area contributed by atoms with E-state index in [1.54, 1.807) is 0 Å².